The van der Waals surface area contributed by atoms with E-state index in [9.17, 15) is 0 Å². The molecule has 0 unspecified atom stereocenters. The second-order valence-electron chi connectivity index (χ2n) is 11.9. The summed E-state index contributed by atoms with van der Waals surface area (Å²) in [7, 11) is 0. The predicted molar refractivity (Wildman–Crippen MR) is 172 cm³/mol. The van der Waals surface area contributed by atoms with Crippen LogP contribution in [0.5, 0.6) is 0 Å². The molecule has 4 aromatic heterocycles. The van der Waals surface area contributed by atoms with Crippen LogP contribution in [0, 0.1) is 31.4 Å². The summed E-state index contributed by atoms with van der Waals surface area (Å²) in [5.74, 6) is 0. The summed E-state index contributed by atoms with van der Waals surface area (Å²) < 4.78 is 6.48. The average Bonchev–Trinajstić information content (AvgIpc) is 3.38. The van der Waals surface area contributed by atoms with Crippen LogP contribution in [0.25, 0.3) is 55.2 Å². The third kappa shape index (κ3) is 6.59. The van der Waals surface area contributed by atoms with Gasteiger partial charge in [-0.2, -0.15) is 0 Å². The summed E-state index contributed by atoms with van der Waals surface area (Å²) in [5, 5.41) is 4.38. The van der Waals surface area contributed by atoms with Gasteiger partial charge < -0.3 is 14.4 Å². The second-order valence-corrected chi connectivity index (χ2v) is 11.9. The molecule has 3 aromatic carbocycles. The molecule has 0 atom stereocenters. The molecule has 7 rings (SSSR count). The van der Waals surface area contributed by atoms with Crippen molar-refractivity contribution in [2.75, 3.05) is 0 Å². The molecule has 1 radical (unpaired) electrons. The first kappa shape index (κ1) is 30.3. The average molecular weight is 740 g/mol. The van der Waals surface area contributed by atoms with E-state index >= 15 is 0 Å². The Hall–Kier alpha value is -4.18. The number of pyridine rings is 3. The van der Waals surface area contributed by atoms with Crippen molar-refractivity contribution in [1.29, 1.82) is 0 Å². The number of hydrogen-bond acceptors (Lipinski definition) is 4. The van der Waals surface area contributed by atoms with Gasteiger partial charge >= 0.3 is 0 Å². The van der Waals surface area contributed by atoms with E-state index in [1.807, 2.05) is 67.8 Å². The maximum absolute atomic E-state index is 6.48. The molecule has 0 N–H and O–H groups in total. The van der Waals surface area contributed by atoms with Crippen molar-refractivity contribution in [2.24, 2.45) is 5.41 Å². The first-order valence-electron chi connectivity index (χ1n) is 14.2. The maximum atomic E-state index is 6.48. The van der Waals surface area contributed by atoms with Gasteiger partial charge in [0.25, 0.3) is 0 Å². The molecular weight excluding hydrogens is 707 g/mol. The zero-order valence-electron chi connectivity index (χ0n) is 25.0. The van der Waals surface area contributed by atoms with E-state index in [0.717, 1.165) is 67.3 Å². The Labute approximate surface area is 266 Å². The van der Waals surface area contributed by atoms with Gasteiger partial charge in [0, 0.05) is 60.5 Å². The van der Waals surface area contributed by atoms with E-state index in [4.69, 9.17) is 9.40 Å². The molecule has 0 spiro atoms. The Morgan fingerprint density at radius 1 is 0.721 bits per heavy atom. The van der Waals surface area contributed by atoms with Gasteiger partial charge in [0.1, 0.15) is 5.58 Å². The van der Waals surface area contributed by atoms with Gasteiger partial charge in [0.05, 0.1) is 5.58 Å². The van der Waals surface area contributed by atoms with Crippen LogP contribution >= 0.6 is 0 Å². The van der Waals surface area contributed by atoms with Gasteiger partial charge in [-0.15, -0.1) is 54.1 Å². The molecule has 0 aliphatic carbocycles. The summed E-state index contributed by atoms with van der Waals surface area (Å²) in [6, 6.07) is 32.8. The van der Waals surface area contributed by atoms with E-state index in [-0.39, 0.29) is 25.5 Å². The molecule has 7 aromatic rings. The van der Waals surface area contributed by atoms with Crippen molar-refractivity contribution < 1.29 is 24.5 Å². The van der Waals surface area contributed by atoms with Gasteiger partial charge in [-0.3, -0.25) is 4.98 Å². The number of rotatable bonds is 3. The van der Waals surface area contributed by atoms with Crippen molar-refractivity contribution >= 4 is 32.7 Å². The molecule has 0 aliphatic heterocycles. The van der Waals surface area contributed by atoms with Crippen molar-refractivity contribution in [2.45, 2.75) is 41.0 Å². The topological polar surface area (TPSA) is 51.8 Å². The van der Waals surface area contributed by atoms with E-state index in [1.165, 1.54) is 11.1 Å². The summed E-state index contributed by atoms with van der Waals surface area (Å²) in [6.45, 7) is 10.9. The number of fused-ring (bicyclic) bond motifs is 5. The molecule has 217 valence electrons. The van der Waals surface area contributed by atoms with Crippen molar-refractivity contribution in [3.05, 3.63) is 126 Å². The summed E-state index contributed by atoms with van der Waals surface area (Å²) >= 11 is 0. The minimum absolute atomic E-state index is 0. The number of aryl methyl sites for hydroxylation is 2. The largest absolute Gasteiger partial charge is 0.500 e. The number of nitrogens with zero attached hydrogens (tertiary/aromatic N) is 3. The minimum Gasteiger partial charge on any atom is -0.500 e. The van der Waals surface area contributed by atoms with Gasteiger partial charge in [0.2, 0.25) is 0 Å². The quantitative estimate of drug-likeness (QED) is 0.170. The standard InChI is InChI=1S/C27H25N2O.C11H8N.Ir/c1-16-14-29-24(12-19(16)13-27(3,4)5)22-8-6-7-20-21-10-9-18-15-28-17(2)11-23(18)26(21)30-25(20)22;1-2-6-10(7-3-1)11-8-4-5-9-12-11;/h6-7,9-12,14-15H,13H2,1-5H3;1-6,8-9H;/q2*-1;. The monoisotopic (exact) mass is 740 g/mol. The molecule has 5 heteroatoms. The fraction of sp³-hybridized carbons (Fsp3) is 0.184. The van der Waals surface area contributed by atoms with Gasteiger partial charge in [-0.05, 0) is 54.8 Å². The van der Waals surface area contributed by atoms with Crippen LogP contribution < -0.4 is 0 Å². The van der Waals surface area contributed by atoms with Crippen molar-refractivity contribution in [3.8, 4) is 22.5 Å². The Morgan fingerprint density at radius 2 is 1.53 bits per heavy atom. The summed E-state index contributed by atoms with van der Waals surface area (Å²) in [5.41, 5.74) is 9.31. The van der Waals surface area contributed by atoms with Gasteiger partial charge in [0.15, 0.2) is 0 Å². The molecule has 0 bridgehead atoms. The molecular formula is C38H33IrN3O-2. The molecule has 4 nitrogen and oxygen atoms in total. The first-order valence-corrected chi connectivity index (χ1v) is 14.2. The predicted octanol–water partition coefficient (Wildman–Crippen LogP) is 9.75. The zero-order valence-corrected chi connectivity index (χ0v) is 27.4. The summed E-state index contributed by atoms with van der Waals surface area (Å²) in [6.07, 6.45) is 6.67. The Balaban J connectivity index is 0.000000238. The molecule has 0 amide bonds. The van der Waals surface area contributed by atoms with E-state index in [2.05, 4.69) is 80.1 Å². The van der Waals surface area contributed by atoms with Crippen molar-refractivity contribution in [1.82, 2.24) is 15.0 Å². The molecule has 0 saturated heterocycles. The molecule has 4 heterocycles. The van der Waals surface area contributed by atoms with Crippen LogP contribution in [0.15, 0.2) is 102 Å². The minimum atomic E-state index is 0. The third-order valence-electron chi connectivity index (χ3n) is 7.28. The van der Waals surface area contributed by atoms with Crippen molar-refractivity contribution in [3.63, 3.8) is 0 Å². The molecule has 0 saturated carbocycles. The Morgan fingerprint density at radius 3 is 2.28 bits per heavy atom. The van der Waals surface area contributed by atoms with E-state index < -0.39 is 0 Å². The molecule has 43 heavy (non-hydrogen) atoms. The Bertz CT molecular complexity index is 1970. The normalized spacial score (nSPS) is 11.3. The fourth-order valence-corrected chi connectivity index (χ4v) is 5.25. The van der Waals surface area contributed by atoms with Crippen LogP contribution in [-0.2, 0) is 26.5 Å². The maximum Gasteiger partial charge on any atom is 0.128 e. The van der Waals surface area contributed by atoms with Gasteiger partial charge in [-0.1, -0.05) is 67.6 Å². The van der Waals surface area contributed by atoms with E-state index in [1.54, 1.807) is 6.20 Å². The SMILES string of the molecule is Cc1cc2c(ccc3c4cc[c-]c(-c5cc(CC(C)(C)C)c(C)cn5)c4oc23)cn1.[Ir].[c-]1ccccc1-c1ccccn1. The molecule has 0 aliphatic rings. The van der Waals surface area contributed by atoms with Crippen LogP contribution in [-0.4, -0.2) is 15.0 Å². The number of aromatic nitrogens is 3. The first-order chi connectivity index (χ1) is 20.3. The number of furan rings is 1. The smallest absolute Gasteiger partial charge is 0.128 e. The van der Waals surface area contributed by atoms with Gasteiger partial charge in [-0.25, -0.2) is 0 Å². The number of hydrogen-bond donors (Lipinski definition) is 0. The number of benzene rings is 3. The zero-order chi connectivity index (χ0) is 29.3. The Kier molecular flexibility index (Phi) is 8.87. The third-order valence-corrected chi connectivity index (χ3v) is 7.28. The van der Waals surface area contributed by atoms with Crippen LogP contribution in [0.1, 0.15) is 37.6 Å². The van der Waals surface area contributed by atoms with Crippen LogP contribution in [0.4, 0.5) is 0 Å². The van der Waals surface area contributed by atoms with Crippen LogP contribution in [0.3, 0.4) is 0 Å². The van der Waals surface area contributed by atoms with E-state index in [0.29, 0.717) is 0 Å². The second kappa shape index (κ2) is 12.6. The molecule has 0 fully saturated rings. The summed E-state index contributed by atoms with van der Waals surface area (Å²) in [4.78, 5) is 13.4. The van der Waals surface area contributed by atoms with Crippen LogP contribution in [0.2, 0.25) is 0 Å². The fourth-order valence-electron chi connectivity index (χ4n) is 5.25.